The molecule has 0 radical (unpaired) electrons. The predicted octanol–water partition coefficient (Wildman–Crippen LogP) is 3.79. The van der Waals surface area contributed by atoms with E-state index in [0.717, 1.165) is 37.8 Å². The summed E-state index contributed by atoms with van der Waals surface area (Å²) in [5.74, 6) is -0.971. The van der Waals surface area contributed by atoms with Gasteiger partial charge in [-0.1, -0.05) is 52.4 Å². The van der Waals surface area contributed by atoms with Gasteiger partial charge in [-0.3, -0.25) is 0 Å². The summed E-state index contributed by atoms with van der Waals surface area (Å²) in [5.41, 5.74) is 0. The van der Waals surface area contributed by atoms with Crippen molar-refractivity contribution < 1.29 is 19.1 Å². The van der Waals surface area contributed by atoms with Gasteiger partial charge in [0, 0.05) is 12.2 Å². The van der Waals surface area contributed by atoms with E-state index in [4.69, 9.17) is 9.47 Å². The SMILES string of the molecule is CCCCCCCCOC(=O)C=CC(=O)OCCCC. The van der Waals surface area contributed by atoms with Crippen LogP contribution in [0, 0.1) is 0 Å². The fourth-order valence-corrected chi connectivity index (χ4v) is 1.60. The number of hydrogen-bond acceptors (Lipinski definition) is 4. The molecule has 0 saturated carbocycles. The second kappa shape index (κ2) is 14.1. The number of unbranched alkanes of at least 4 members (excludes halogenated alkanes) is 6. The van der Waals surface area contributed by atoms with Crippen LogP contribution in [0.25, 0.3) is 0 Å². The Balaban J connectivity index is 3.50. The van der Waals surface area contributed by atoms with Crippen LogP contribution in [0.1, 0.15) is 65.2 Å². The summed E-state index contributed by atoms with van der Waals surface area (Å²) in [6, 6.07) is 0. The van der Waals surface area contributed by atoms with Gasteiger partial charge < -0.3 is 9.47 Å². The minimum atomic E-state index is -0.491. The molecule has 0 rings (SSSR count). The molecule has 0 heterocycles. The number of carbonyl (C=O) groups is 2. The molecule has 0 aliphatic carbocycles. The van der Waals surface area contributed by atoms with Crippen LogP contribution in [0.5, 0.6) is 0 Å². The van der Waals surface area contributed by atoms with E-state index < -0.39 is 11.9 Å². The van der Waals surface area contributed by atoms with Gasteiger partial charge in [0.1, 0.15) is 0 Å². The Bertz CT molecular complexity index is 284. The van der Waals surface area contributed by atoms with Gasteiger partial charge >= 0.3 is 11.9 Å². The molecule has 0 aromatic heterocycles. The van der Waals surface area contributed by atoms with Gasteiger partial charge in [-0.05, 0) is 12.8 Å². The maximum absolute atomic E-state index is 11.3. The zero-order chi connectivity index (χ0) is 15.1. The first-order valence-electron chi connectivity index (χ1n) is 7.72. The van der Waals surface area contributed by atoms with E-state index in [1.54, 1.807) is 0 Å². The minimum Gasteiger partial charge on any atom is -0.463 e. The standard InChI is InChI=1S/C16H28O4/c1-3-5-7-8-9-10-14-20-16(18)12-11-15(17)19-13-6-4-2/h11-12H,3-10,13-14H2,1-2H3. The topological polar surface area (TPSA) is 52.6 Å². The first kappa shape index (κ1) is 18.7. The molecule has 20 heavy (non-hydrogen) atoms. The zero-order valence-electron chi connectivity index (χ0n) is 12.9. The van der Waals surface area contributed by atoms with Crippen molar-refractivity contribution in [2.24, 2.45) is 0 Å². The normalized spacial score (nSPS) is 10.7. The van der Waals surface area contributed by atoms with E-state index in [9.17, 15) is 9.59 Å². The molecule has 0 fully saturated rings. The summed E-state index contributed by atoms with van der Waals surface area (Å²) in [4.78, 5) is 22.5. The van der Waals surface area contributed by atoms with Crippen molar-refractivity contribution in [3.05, 3.63) is 12.2 Å². The largest absolute Gasteiger partial charge is 0.463 e. The lowest BCUT2D eigenvalue weighted by molar-refractivity contribution is -0.140. The van der Waals surface area contributed by atoms with Crippen molar-refractivity contribution in [1.82, 2.24) is 0 Å². The number of carbonyl (C=O) groups excluding carboxylic acids is 2. The van der Waals surface area contributed by atoms with E-state index >= 15 is 0 Å². The van der Waals surface area contributed by atoms with Gasteiger partial charge in [-0.25, -0.2) is 9.59 Å². The maximum Gasteiger partial charge on any atom is 0.331 e. The molecular weight excluding hydrogens is 256 g/mol. The number of ether oxygens (including phenoxy) is 2. The minimum absolute atomic E-state index is 0.395. The van der Waals surface area contributed by atoms with Crippen molar-refractivity contribution in [2.45, 2.75) is 65.2 Å². The van der Waals surface area contributed by atoms with E-state index in [-0.39, 0.29) is 0 Å². The smallest absolute Gasteiger partial charge is 0.331 e. The van der Waals surface area contributed by atoms with E-state index in [1.807, 2.05) is 6.92 Å². The lowest BCUT2D eigenvalue weighted by atomic mass is 10.1. The Morgan fingerprint density at radius 2 is 1.15 bits per heavy atom. The summed E-state index contributed by atoms with van der Waals surface area (Å²) in [5, 5.41) is 0. The third-order valence-corrected chi connectivity index (χ3v) is 2.84. The number of rotatable bonds is 12. The van der Waals surface area contributed by atoms with Gasteiger partial charge in [-0.2, -0.15) is 0 Å². The zero-order valence-corrected chi connectivity index (χ0v) is 12.9. The van der Waals surface area contributed by atoms with Crippen LogP contribution in [0.2, 0.25) is 0 Å². The molecule has 0 amide bonds. The van der Waals surface area contributed by atoms with Crippen LogP contribution in [-0.2, 0) is 19.1 Å². The quantitative estimate of drug-likeness (QED) is 0.311. The van der Waals surface area contributed by atoms with Gasteiger partial charge in [0.05, 0.1) is 13.2 Å². The Morgan fingerprint density at radius 1 is 0.700 bits per heavy atom. The van der Waals surface area contributed by atoms with E-state index in [1.165, 1.54) is 25.7 Å². The van der Waals surface area contributed by atoms with Gasteiger partial charge in [-0.15, -0.1) is 0 Å². The molecule has 0 unspecified atom stereocenters. The van der Waals surface area contributed by atoms with Crippen LogP contribution in [-0.4, -0.2) is 25.2 Å². The van der Waals surface area contributed by atoms with Crippen molar-refractivity contribution in [2.75, 3.05) is 13.2 Å². The molecule has 0 saturated heterocycles. The molecule has 4 nitrogen and oxygen atoms in total. The Morgan fingerprint density at radius 3 is 1.70 bits per heavy atom. The molecule has 0 aliphatic heterocycles. The molecular formula is C16H28O4. The average Bonchev–Trinajstić information content (AvgIpc) is 2.44. The molecule has 0 atom stereocenters. The van der Waals surface area contributed by atoms with Gasteiger partial charge in [0.25, 0.3) is 0 Å². The third kappa shape index (κ3) is 13.1. The lowest BCUT2D eigenvalue weighted by Crippen LogP contribution is -2.06. The second-order valence-corrected chi connectivity index (χ2v) is 4.79. The number of hydrogen-bond donors (Lipinski definition) is 0. The highest BCUT2D eigenvalue weighted by molar-refractivity contribution is 5.91. The van der Waals surface area contributed by atoms with Crippen molar-refractivity contribution in [1.29, 1.82) is 0 Å². The van der Waals surface area contributed by atoms with Crippen LogP contribution >= 0.6 is 0 Å². The monoisotopic (exact) mass is 284 g/mol. The van der Waals surface area contributed by atoms with Crippen LogP contribution in [0.3, 0.4) is 0 Å². The number of esters is 2. The fraction of sp³-hybridized carbons (Fsp3) is 0.750. The van der Waals surface area contributed by atoms with Crippen molar-refractivity contribution in [3.8, 4) is 0 Å². The van der Waals surface area contributed by atoms with E-state index in [0.29, 0.717) is 13.2 Å². The molecule has 0 N–H and O–H groups in total. The molecule has 116 valence electrons. The maximum atomic E-state index is 11.3. The second-order valence-electron chi connectivity index (χ2n) is 4.79. The van der Waals surface area contributed by atoms with Crippen LogP contribution in [0.15, 0.2) is 12.2 Å². The lowest BCUT2D eigenvalue weighted by Gasteiger charge is -2.02. The van der Waals surface area contributed by atoms with Gasteiger partial charge in [0.15, 0.2) is 0 Å². The molecule has 0 bridgehead atoms. The summed E-state index contributed by atoms with van der Waals surface area (Å²) in [6.45, 7) is 5.01. The molecule has 0 aliphatic rings. The molecule has 4 heteroatoms. The molecule has 0 spiro atoms. The summed E-state index contributed by atoms with van der Waals surface area (Å²) < 4.78 is 9.87. The highest BCUT2D eigenvalue weighted by Gasteiger charge is 2.00. The summed E-state index contributed by atoms with van der Waals surface area (Å²) in [7, 11) is 0. The summed E-state index contributed by atoms with van der Waals surface area (Å²) in [6.07, 6.45) is 10.9. The predicted molar refractivity (Wildman–Crippen MR) is 79.3 cm³/mol. The van der Waals surface area contributed by atoms with E-state index in [2.05, 4.69) is 6.92 Å². The van der Waals surface area contributed by atoms with Crippen molar-refractivity contribution in [3.63, 3.8) is 0 Å². The average molecular weight is 284 g/mol. The first-order valence-corrected chi connectivity index (χ1v) is 7.72. The fourth-order valence-electron chi connectivity index (χ4n) is 1.60. The molecule has 0 aromatic carbocycles. The third-order valence-electron chi connectivity index (χ3n) is 2.84. The van der Waals surface area contributed by atoms with Crippen LogP contribution in [0.4, 0.5) is 0 Å². The highest BCUT2D eigenvalue weighted by atomic mass is 16.5. The Labute approximate surface area is 122 Å². The van der Waals surface area contributed by atoms with Gasteiger partial charge in [0.2, 0.25) is 0 Å². The molecule has 0 aromatic rings. The highest BCUT2D eigenvalue weighted by Crippen LogP contribution is 2.04. The Hall–Kier alpha value is -1.32. The van der Waals surface area contributed by atoms with Crippen LogP contribution < -0.4 is 0 Å². The first-order chi connectivity index (χ1) is 9.70. The summed E-state index contributed by atoms with van der Waals surface area (Å²) >= 11 is 0. The van der Waals surface area contributed by atoms with Crippen molar-refractivity contribution >= 4 is 11.9 Å². The Kier molecular flexibility index (Phi) is 13.2.